The minimum Gasteiger partial charge on any atom is -0.480 e. The van der Waals surface area contributed by atoms with Crippen molar-refractivity contribution in [2.45, 2.75) is 38.9 Å². The number of rotatable bonds is 15. The molecule has 0 aliphatic heterocycles. The zero-order valence-corrected chi connectivity index (χ0v) is 20.8. The number of thioether (sulfide) groups is 3. The molecule has 29 heavy (non-hydrogen) atoms. The van der Waals surface area contributed by atoms with E-state index in [1.54, 1.807) is 36.7 Å². The largest absolute Gasteiger partial charge is 0.480 e. The summed E-state index contributed by atoms with van der Waals surface area (Å²) in [7, 11) is 0. The molecule has 0 saturated carbocycles. The van der Waals surface area contributed by atoms with Crippen LogP contribution in [0.2, 0.25) is 0 Å². The summed E-state index contributed by atoms with van der Waals surface area (Å²) in [4.78, 5) is 41.3. The Kier molecular flexibility index (Phi) is 29.1. The highest BCUT2D eigenvalue weighted by Crippen LogP contribution is 2.10. The van der Waals surface area contributed by atoms with E-state index in [0.717, 1.165) is 24.5 Å². The van der Waals surface area contributed by atoms with Crippen molar-refractivity contribution in [3.8, 4) is 0 Å². The van der Waals surface area contributed by atoms with Crippen molar-refractivity contribution in [2.24, 2.45) is 0 Å². The number of ketones is 3. The molecule has 172 valence electrons. The summed E-state index contributed by atoms with van der Waals surface area (Å²) in [5.41, 5.74) is 0. The normalized spacial score (nSPS) is 10.7. The number of hydrogen-bond acceptors (Lipinski definition) is 9. The van der Waals surface area contributed by atoms with Gasteiger partial charge in [0.05, 0.1) is 19.8 Å². The number of hydrogen-bond donors (Lipinski definition) is 1. The van der Waals surface area contributed by atoms with E-state index in [1.807, 2.05) is 12.5 Å². The summed E-state index contributed by atoms with van der Waals surface area (Å²) in [6, 6.07) is 0. The molecule has 1 unspecified atom stereocenters. The lowest BCUT2D eigenvalue weighted by Gasteiger charge is -2.04. The van der Waals surface area contributed by atoms with Crippen LogP contribution in [0.3, 0.4) is 0 Å². The number of carbonyl (C=O) groups excluding carboxylic acids is 3. The second kappa shape index (κ2) is 25.5. The molecule has 0 rings (SSSR count). The number of aliphatic carboxylic acids is 1. The topological polar surface area (TPSA) is 107 Å². The average molecular weight is 473 g/mol. The van der Waals surface area contributed by atoms with Crippen LogP contribution >= 0.6 is 35.3 Å². The fourth-order valence-electron chi connectivity index (χ4n) is 1.36. The molecular weight excluding hydrogens is 436 g/mol. The maximum atomic E-state index is 10.4. The first-order valence-corrected chi connectivity index (χ1v) is 13.1. The molecule has 0 aromatic heterocycles. The Bertz CT molecular complexity index is 446. The maximum absolute atomic E-state index is 10.4. The van der Waals surface area contributed by atoms with Gasteiger partial charge in [-0.05, 0) is 45.3 Å². The zero-order chi connectivity index (χ0) is 23.1. The second-order valence-electron chi connectivity index (χ2n) is 5.77. The third-order valence-electron chi connectivity index (χ3n) is 2.80. The van der Waals surface area contributed by atoms with Gasteiger partial charge < -0.3 is 14.6 Å². The molecule has 0 spiro atoms. The van der Waals surface area contributed by atoms with Crippen LogP contribution in [0.5, 0.6) is 0 Å². The number of Topliss-reactive ketones (excluding diaryl/α,β-unsaturated/α-hetero) is 3. The second-order valence-corrected chi connectivity index (χ2v) is 8.78. The van der Waals surface area contributed by atoms with Crippen molar-refractivity contribution in [3.63, 3.8) is 0 Å². The van der Waals surface area contributed by atoms with Crippen molar-refractivity contribution < 1.29 is 33.8 Å². The van der Waals surface area contributed by atoms with Crippen LogP contribution in [0.4, 0.5) is 0 Å². The lowest BCUT2D eigenvalue weighted by Crippen LogP contribution is -2.18. The minimum absolute atomic E-state index is 0.0547. The van der Waals surface area contributed by atoms with Crippen LogP contribution in [-0.2, 0) is 28.7 Å². The Balaban J connectivity index is -0.000000362. The molecular formula is C19H36O7S3. The molecule has 0 aromatic rings. The van der Waals surface area contributed by atoms with Gasteiger partial charge in [0.1, 0.15) is 23.4 Å². The maximum Gasteiger partial charge on any atom is 0.317 e. The lowest BCUT2D eigenvalue weighted by atomic mass is 10.2. The highest BCUT2D eigenvalue weighted by molar-refractivity contribution is 8.00. The van der Waals surface area contributed by atoms with E-state index in [9.17, 15) is 19.2 Å². The summed E-state index contributed by atoms with van der Waals surface area (Å²) in [6.07, 6.45) is 6.57. The number of carbonyl (C=O) groups is 4. The molecule has 0 radical (unpaired) electrons. The first kappa shape index (κ1) is 33.1. The van der Waals surface area contributed by atoms with Gasteiger partial charge in [-0.1, -0.05) is 0 Å². The Labute approximate surface area is 187 Å². The highest BCUT2D eigenvalue weighted by atomic mass is 32.2. The number of ether oxygens (including phenoxy) is 2. The molecule has 1 atom stereocenters. The van der Waals surface area contributed by atoms with Gasteiger partial charge in [0.25, 0.3) is 0 Å². The van der Waals surface area contributed by atoms with E-state index >= 15 is 0 Å². The monoisotopic (exact) mass is 472 g/mol. The molecule has 0 aliphatic carbocycles. The van der Waals surface area contributed by atoms with Crippen LogP contribution < -0.4 is 0 Å². The summed E-state index contributed by atoms with van der Waals surface area (Å²) >= 11 is 4.65. The average Bonchev–Trinajstić information content (AvgIpc) is 2.64. The van der Waals surface area contributed by atoms with Gasteiger partial charge in [-0.2, -0.15) is 23.5 Å². The van der Waals surface area contributed by atoms with E-state index in [0.29, 0.717) is 13.2 Å². The predicted molar refractivity (Wildman–Crippen MR) is 125 cm³/mol. The van der Waals surface area contributed by atoms with Gasteiger partial charge in [-0.25, -0.2) is 0 Å². The molecule has 0 aromatic carbocycles. The fraction of sp³-hybridized carbons (Fsp3) is 0.789. The van der Waals surface area contributed by atoms with Crippen molar-refractivity contribution in [3.05, 3.63) is 0 Å². The highest BCUT2D eigenvalue weighted by Gasteiger charge is 2.16. The summed E-state index contributed by atoms with van der Waals surface area (Å²) < 4.78 is 10.2. The van der Waals surface area contributed by atoms with Crippen molar-refractivity contribution in [1.82, 2.24) is 0 Å². The molecule has 0 bridgehead atoms. The van der Waals surface area contributed by atoms with Gasteiger partial charge in [0.15, 0.2) is 5.78 Å². The van der Waals surface area contributed by atoms with E-state index in [-0.39, 0.29) is 30.4 Å². The first-order valence-electron chi connectivity index (χ1n) is 8.99. The van der Waals surface area contributed by atoms with Crippen LogP contribution in [0.1, 0.15) is 33.6 Å². The molecule has 1 N–H and O–H groups in total. The van der Waals surface area contributed by atoms with E-state index in [4.69, 9.17) is 14.6 Å². The van der Waals surface area contributed by atoms with E-state index in [1.165, 1.54) is 25.6 Å². The van der Waals surface area contributed by atoms with Crippen LogP contribution in [-0.4, -0.2) is 90.4 Å². The van der Waals surface area contributed by atoms with Crippen LogP contribution in [0, 0.1) is 0 Å². The Morgan fingerprint density at radius 2 is 1.34 bits per heavy atom. The standard InChI is InChI=1S/C8H16O3S.C6H10O3S.C5H10OS/c1-8(9)7-11-4-3-10-5-6-12-2;1-4(7)3-5(10-2)6(8)9;1-5(6)3-4-7-2/h3-7H2,1-2H3;5H,3H2,1-2H3,(H,8,9);3-4H2,1-2H3. The molecule has 7 nitrogen and oxygen atoms in total. The van der Waals surface area contributed by atoms with Gasteiger partial charge in [-0.3, -0.25) is 19.2 Å². The molecule has 0 heterocycles. The molecule has 0 fully saturated rings. The third kappa shape index (κ3) is 35.3. The van der Waals surface area contributed by atoms with Gasteiger partial charge >= 0.3 is 5.97 Å². The first-order chi connectivity index (χ1) is 13.6. The van der Waals surface area contributed by atoms with E-state index in [2.05, 4.69) is 0 Å². The van der Waals surface area contributed by atoms with Gasteiger partial charge in [0.2, 0.25) is 0 Å². The van der Waals surface area contributed by atoms with Crippen molar-refractivity contribution in [2.75, 3.05) is 56.7 Å². The Morgan fingerprint density at radius 3 is 1.66 bits per heavy atom. The summed E-state index contributed by atoms with van der Waals surface area (Å²) in [6.45, 7) is 6.56. The van der Waals surface area contributed by atoms with Crippen molar-refractivity contribution >= 4 is 58.6 Å². The Morgan fingerprint density at radius 1 is 0.793 bits per heavy atom. The molecule has 0 saturated heterocycles. The quantitative estimate of drug-likeness (QED) is 0.357. The molecule has 0 amide bonds. The Hall–Kier alpha value is -0.550. The predicted octanol–water partition coefficient (Wildman–Crippen LogP) is 3.08. The fourth-order valence-corrected chi connectivity index (χ4v) is 2.74. The summed E-state index contributed by atoms with van der Waals surface area (Å²) in [5, 5.41) is 7.88. The van der Waals surface area contributed by atoms with Gasteiger partial charge in [0, 0.05) is 18.6 Å². The third-order valence-corrected chi connectivity index (χ3v) is 4.92. The van der Waals surface area contributed by atoms with Crippen LogP contribution in [0.15, 0.2) is 0 Å². The SMILES string of the molecule is CSC(CC(C)=O)C(=O)O.CSCCC(C)=O.CSCCOCCOCC(C)=O. The molecule has 0 aliphatic rings. The van der Waals surface area contributed by atoms with E-state index < -0.39 is 11.2 Å². The lowest BCUT2D eigenvalue weighted by molar-refractivity contribution is -0.137. The smallest absolute Gasteiger partial charge is 0.317 e. The zero-order valence-electron chi connectivity index (χ0n) is 18.4. The van der Waals surface area contributed by atoms with Gasteiger partial charge in [-0.15, -0.1) is 11.8 Å². The summed E-state index contributed by atoms with van der Waals surface area (Å²) in [5.74, 6) is 1.32. The molecule has 10 heteroatoms. The minimum atomic E-state index is -0.914. The van der Waals surface area contributed by atoms with Crippen LogP contribution in [0.25, 0.3) is 0 Å². The number of carboxylic acid groups (broad SMARTS) is 1. The number of carboxylic acids is 1. The van der Waals surface area contributed by atoms with Crippen molar-refractivity contribution in [1.29, 1.82) is 0 Å².